The number of ether oxygens (including phenoxy) is 1. The van der Waals surface area contributed by atoms with Crippen molar-refractivity contribution >= 4 is 39.1 Å². The first-order chi connectivity index (χ1) is 14.4. The van der Waals surface area contributed by atoms with Crippen LogP contribution in [0.5, 0.6) is 5.88 Å². The molecule has 0 bridgehead atoms. The van der Waals surface area contributed by atoms with Gasteiger partial charge < -0.3 is 4.74 Å². The van der Waals surface area contributed by atoms with E-state index in [1.165, 1.54) is 0 Å². The molecule has 0 spiro atoms. The summed E-state index contributed by atoms with van der Waals surface area (Å²) < 4.78 is 33.6. The molecule has 172 valence electrons. The van der Waals surface area contributed by atoms with Gasteiger partial charge in [-0.05, 0) is 50.3 Å². The summed E-state index contributed by atoms with van der Waals surface area (Å²) in [7, 11) is -3.64. The van der Waals surface area contributed by atoms with E-state index in [2.05, 4.69) is 9.82 Å². The highest BCUT2D eigenvalue weighted by Gasteiger charge is 2.17. The van der Waals surface area contributed by atoms with E-state index in [1.54, 1.807) is 22.9 Å². The fourth-order valence-corrected chi connectivity index (χ4v) is 4.59. The van der Waals surface area contributed by atoms with Gasteiger partial charge in [0.2, 0.25) is 21.8 Å². The zero-order valence-electron chi connectivity index (χ0n) is 18.2. The van der Waals surface area contributed by atoms with Crippen LogP contribution in [0.25, 0.3) is 0 Å². The van der Waals surface area contributed by atoms with Crippen LogP contribution >= 0.6 is 23.2 Å². The second-order valence-corrected chi connectivity index (χ2v) is 10.7. The third-order valence-electron chi connectivity index (χ3n) is 4.37. The standard InChI is InChI=1S/C21H29Cl2N3O4S/c1-14(2)9-10-31(28,29)25-20(27)8-7-18-12-21(30-15(3)4)24-26(18)13-16-5-6-17(22)11-19(16)23/h5-6,11-12,14-15H,7-10,13H2,1-4H3,(H,25,27). The minimum atomic E-state index is -3.64. The molecule has 0 fully saturated rings. The summed E-state index contributed by atoms with van der Waals surface area (Å²) in [4.78, 5) is 12.2. The van der Waals surface area contributed by atoms with Crippen LogP contribution in [0.1, 0.15) is 51.8 Å². The molecular weight excluding hydrogens is 461 g/mol. The van der Waals surface area contributed by atoms with E-state index in [4.69, 9.17) is 27.9 Å². The number of aromatic nitrogens is 2. The normalized spacial score (nSPS) is 11.9. The summed E-state index contributed by atoms with van der Waals surface area (Å²) in [6.45, 7) is 8.01. The third-order valence-corrected chi connectivity index (χ3v) is 6.27. The van der Waals surface area contributed by atoms with Crippen molar-refractivity contribution in [2.75, 3.05) is 5.75 Å². The van der Waals surface area contributed by atoms with Gasteiger partial charge in [-0.3, -0.25) is 14.2 Å². The first-order valence-corrected chi connectivity index (χ1v) is 12.6. The molecule has 31 heavy (non-hydrogen) atoms. The van der Waals surface area contributed by atoms with E-state index in [-0.39, 0.29) is 24.2 Å². The van der Waals surface area contributed by atoms with Gasteiger partial charge in [0, 0.05) is 28.2 Å². The van der Waals surface area contributed by atoms with Crippen molar-refractivity contribution in [2.24, 2.45) is 5.92 Å². The number of aryl methyl sites for hydroxylation is 1. The maximum Gasteiger partial charge on any atom is 0.234 e. The minimum Gasteiger partial charge on any atom is -0.474 e. The summed E-state index contributed by atoms with van der Waals surface area (Å²) in [5.41, 5.74) is 1.55. The number of benzene rings is 1. The minimum absolute atomic E-state index is 0.00205. The highest BCUT2D eigenvalue weighted by Crippen LogP contribution is 2.24. The van der Waals surface area contributed by atoms with Crippen LogP contribution in [0.3, 0.4) is 0 Å². The van der Waals surface area contributed by atoms with Crippen molar-refractivity contribution in [1.29, 1.82) is 0 Å². The van der Waals surface area contributed by atoms with Gasteiger partial charge in [-0.15, -0.1) is 5.10 Å². The molecule has 0 atom stereocenters. The predicted molar refractivity (Wildman–Crippen MR) is 123 cm³/mol. The zero-order valence-corrected chi connectivity index (χ0v) is 20.5. The molecule has 1 N–H and O–H groups in total. The predicted octanol–water partition coefficient (Wildman–Crippen LogP) is 4.45. The van der Waals surface area contributed by atoms with Crippen LogP contribution in [0.2, 0.25) is 10.0 Å². The summed E-state index contributed by atoms with van der Waals surface area (Å²) in [5.74, 6) is 0.0444. The largest absolute Gasteiger partial charge is 0.474 e. The molecule has 2 rings (SSSR count). The Morgan fingerprint density at radius 1 is 1.19 bits per heavy atom. The topological polar surface area (TPSA) is 90.3 Å². The van der Waals surface area contributed by atoms with E-state index in [9.17, 15) is 13.2 Å². The lowest BCUT2D eigenvalue weighted by molar-refractivity contribution is -0.119. The molecule has 1 amide bonds. The van der Waals surface area contributed by atoms with Gasteiger partial charge in [-0.1, -0.05) is 43.1 Å². The quantitative estimate of drug-likeness (QED) is 0.503. The van der Waals surface area contributed by atoms with E-state index in [1.807, 2.05) is 33.8 Å². The maximum absolute atomic E-state index is 12.2. The summed E-state index contributed by atoms with van der Waals surface area (Å²) in [6.07, 6.45) is 0.727. The second-order valence-electron chi connectivity index (χ2n) is 8.06. The summed E-state index contributed by atoms with van der Waals surface area (Å²) in [5, 5.41) is 5.51. The Balaban J connectivity index is 2.11. The number of rotatable bonds is 11. The molecule has 10 heteroatoms. The van der Waals surface area contributed by atoms with E-state index < -0.39 is 15.9 Å². The van der Waals surface area contributed by atoms with Crippen LogP contribution in [0.15, 0.2) is 24.3 Å². The molecule has 0 aliphatic rings. The molecule has 0 saturated carbocycles. The Labute approximate surface area is 194 Å². The lowest BCUT2D eigenvalue weighted by Gasteiger charge is -2.10. The number of nitrogens with one attached hydrogen (secondary N) is 1. The van der Waals surface area contributed by atoms with Crippen LogP contribution < -0.4 is 9.46 Å². The fraction of sp³-hybridized carbons (Fsp3) is 0.524. The van der Waals surface area contributed by atoms with Crippen LogP contribution in [0, 0.1) is 5.92 Å². The Hall–Kier alpha value is -1.77. The average molecular weight is 490 g/mol. The number of hydrogen-bond donors (Lipinski definition) is 1. The molecule has 1 aromatic heterocycles. The highest BCUT2D eigenvalue weighted by atomic mass is 35.5. The Morgan fingerprint density at radius 3 is 2.52 bits per heavy atom. The van der Waals surface area contributed by atoms with Crippen LogP contribution in [0.4, 0.5) is 0 Å². The number of sulfonamides is 1. The van der Waals surface area contributed by atoms with Gasteiger partial charge >= 0.3 is 0 Å². The number of carbonyl (C=O) groups is 1. The first kappa shape index (κ1) is 25.5. The molecule has 0 unspecified atom stereocenters. The average Bonchev–Trinajstić information content (AvgIpc) is 3.01. The molecule has 0 aliphatic heterocycles. The lowest BCUT2D eigenvalue weighted by Crippen LogP contribution is -2.33. The van der Waals surface area contributed by atoms with Crippen molar-refractivity contribution in [2.45, 2.75) is 59.6 Å². The van der Waals surface area contributed by atoms with Crippen LogP contribution in [-0.2, 0) is 27.8 Å². The van der Waals surface area contributed by atoms with Crippen molar-refractivity contribution in [3.8, 4) is 5.88 Å². The summed E-state index contributed by atoms with van der Waals surface area (Å²) >= 11 is 12.3. The smallest absolute Gasteiger partial charge is 0.234 e. The number of nitrogens with zero attached hydrogens (tertiary/aromatic N) is 2. The van der Waals surface area contributed by atoms with E-state index in [0.717, 1.165) is 11.3 Å². The van der Waals surface area contributed by atoms with Crippen molar-refractivity contribution < 1.29 is 17.9 Å². The molecule has 0 radical (unpaired) electrons. The lowest BCUT2D eigenvalue weighted by atomic mass is 10.2. The number of carbonyl (C=O) groups excluding carboxylic acids is 1. The molecule has 1 heterocycles. The van der Waals surface area contributed by atoms with Gasteiger partial charge in [0.05, 0.1) is 18.4 Å². The number of halogens is 2. The Morgan fingerprint density at radius 2 is 1.90 bits per heavy atom. The molecule has 0 aliphatic carbocycles. The maximum atomic E-state index is 12.2. The van der Waals surface area contributed by atoms with Gasteiger partial charge in [0.25, 0.3) is 0 Å². The molecular formula is C21H29Cl2N3O4S. The summed E-state index contributed by atoms with van der Waals surface area (Å²) in [6, 6.07) is 6.97. The van der Waals surface area contributed by atoms with E-state index in [0.29, 0.717) is 35.3 Å². The number of hydrogen-bond acceptors (Lipinski definition) is 5. The monoisotopic (exact) mass is 489 g/mol. The third kappa shape index (κ3) is 8.71. The van der Waals surface area contributed by atoms with Gasteiger partial charge in [-0.25, -0.2) is 8.42 Å². The molecule has 1 aromatic carbocycles. The molecule has 2 aromatic rings. The SMILES string of the molecule is CC(C)CCS(=O)(=O)NC(=O)CCc1cc(OC(C)C)nn1Cc1ccc(Cl)cc1Cl. The van der Waals surface area contributed by atoms with Crippen LogP contribution in [-0.4, -0.2) is 36.0 Å². The van der Waals surface area contributed by atoms with Gasteiger partial charge in [-0.2, -0.15) is 0 Å². The van der Waals surface area contributed by atoms with Crippen molar-refractivity contribution in [1.82, 2.24) is 14.5 Å². The second kappa shape index (κ2) is 11.2. The van der Waals surface area contributed by atoms with Crippen molar-refractivity contribution in [3.05, 3.63) is 45.6 Å². The van der Waals surface area contributed by atoms with Crippen molar-refractivity contribution in [3.63, 3.8) is 0 Å². The Kier molecular flexibility index (Phi) is 9.21. The van der Waals surface area contributed by atoms with E-state index >= 15 is 0 Å². The first-order valence-electron chi connectivity index (χ1n) is 10.2. The highest BCUT2D eigenvalue weighted by molar-refractivity contribution is 7.90. The fourth-order valence-electron chi connectivity index (χ4n) is 2.79. The molecule has 0 saturated heterocycles. The zero-order chi connectivity index (χ0) is 23.2. The van der Waals surface area contributed by atoms with Gasteiger partial charge in [0.15, 0.2) is 0 Å². The molecule has 7 nitrogen and oxygen atoms in total. The Bertz CT molecular complexity index is 1000. The number of amides is 1. The van der Waals surface area contributed by atoms with Gasteiger partial charge in [0.1, 0.15) is 0 Å².